The third-order valence-electron chi connectivity index (χ3n) is 2.08. The number of aryl methyl sites for hydroxylation is 1. The average molecular weight is 211 g/mol. The van der Waals surface area contributed by atoms with Crippen LogP contribution in [0.2, 0.25) is 0 Å². The Labute approximate surface area is 87.1 Å². The van der Waals surface area contributed by atoms with Gasteiger partial charge in [-0.25, -0.2) is 0 Å². The molecule has 0 aliphatic carbocycles. The lowest BCUT2D eigenvalue weighted by Crippen LogP contribution is -1.94. The second kappa shape index (κ2) is 5.25. The zero-order chi connectivity index (χ0) is 9.68. The Morgan fingerprint density at radius 3 is 2.77 bits per heavy atom. The van der Waals surface area contributed by atoms with E-state index in [1.165, 1.54) is 17.5 Å². The first-order valence-corrected chi connectivity index (χ1v) is 7.46. The van der Waals surface area contributed by atoms with Gasteiger partial charge in [0.25, 0.3) is 0 Å². The molecule has 1 rings (SSSR count). The predicted molar refractivity (Wildman–Crippen MR) is 63.9 cm³/mol. The van der Waals surface area contributed by atoms with E-state index < -0.39 is 8.83 Å². The third-order valence-corrected chi connectivity index (χ3v) is 3.75. The highest BCUT2D eigenvalue weighted by molar-refractivity contribution is 7.04. The monoisotopic (exact) mass is 210 g/mol. The summed E-state index contributed by atoms with van der Waals surface area (Å²) in [5.74, 6) is 0. The van der Waals surface area contributed by atoms with Gasteiger partial charge in [-0.1, -0.05) is 44.2 Å². The molecule has 0 aromatic heterocycles. The van der Waals surface area contributed by atoms with Gasteiger partial charge in [0.1, 0.15) is 0 Å². The number of hydrogen-bond donors (Lipinski definition) is 0. The first kappa shape index (κ1) is 10.5. The standard InChI is InChI=1S/C11H15ClSi/c1-3-6-10-7-4-5-8-11(10)9(2)13-12/h4-5,7-8H,2-3,6,13H2,1H3. The Morgan fingerprint density at radius 1 is 1.46 bits per heavy atom. The minimum atomic E-state index is -0.620. The molecule has 0 nitrogen and oxygen atoms in total. The average Bonchev–Trinajstić information content (AvgIpc) is 2.18. The highest BCUT2D eigenvalue weighted by atomic mass is 35.6. The first-order chi connectivity index (χ1) is 6.29. The lowest BCUT2D eigenvalue weighted by Gasteiger charge is -2.08. The summed E-state index contributed by atoms with van der Waals surface area (Å²) in [6.07, 6.45) is 2.30. The molecular formula is C11H15ClSi. The molecule has 0 bridgehead atoms. The van der Waals surface area contributed by atoms with Gasteiger partial charge in [0.15, 0.2) is 8.83 Å². The molecule has 70 valence electrons. The maximum Gasteiger partial charge on any atom is 0.155 e. The highest BCUT2D eigenvalue weighted by Crippen LogP contribution is 2.18. The maximum atomic E-state index is 5.90. The van der Waals surface area contributed by atoms with E-state index in [0.29, 0.717) is 0 Å². The van der Waals surface area contributed by atoms with Crippen molar-refractivity contribution in [1.82, 2.24) is 0 Å². The smallest absolute Gasteiger partial charge is 0.155 e. The summed E-state index contributed by atoms with van der Waals surface area (Å²) in [7, 11) is -0.620. The van der Waals surface area contributed by atoms with E-state index in [4.69, 9.17) is 11.1 Å². The van der Waals surface area contributed by atoms with Gasteiger partial charge in [-0.05, 0) is 22.7 Å². The molecule has 13 heavy (non-hydrogen) atoms. The quantitative estimate of drug-likeness (QED) is 0.530. The summed E-state index contributed by atoms with van der Waals surface area (Å²) in [6, 6.07) is 8.44. The largest absolute Gasteiger partial charge is 0.170 e. The van der Waals surface area contributed by atoms with Crippen molar-refractivity contribution >= 4 is 25.1 Å². The Hall–Kier alpha value is -0.533. The van der Waals surface area contributed by atoms with E-state index in [0.717, 1.165) is 11.6 Å². The molecule has 0 fully saturated rings. The van der Waals surface area contributed by atoms with Gasteiger partial charge in [0.05, 0.1) is 0 Å². The summed E-state index contributed by atoms with van der Waals surface area (Å²) < 4.78 is 0. The highest BCUT2D eigenvalue weighted by Gasteiger charge is 2.03. The zero-order valence-electron chi connectivity index (χ0n) is 8.02. The van der Waals surface area contributed by atoms with Crippen LogP contribution in [-0.2, 0) is 6.42 Å². The van der Waals surface area contributed by atoms with Crippen LogP contribution in [0.4, 0.5) is 0 Å². The molecule has 0 heterocycles. The third kappa shape index (κ3) is 2.71. The molecule has 0 N–H and O–H groups in total. The first-order valence-electron chi connectivity index (χ1n) is 4.61. The van der Waals surface area contributed by atoms with Gasteiger partial charge in [0.2, 0.25) is 0 Å². The van der Waals surface area contributed by atoms with Crippen LogP contribution in [0.1, 0.15) is 24.5 Å². The molecule has 0 aliphatic heterocycles. The van der Waals surface area contributed by atoms with Crippen molar-refractivity contribution in [2.24, 2.45) is 0 Å². The Morgan fingerprint density at radius 2 is 2.15 bits per heavy atom. The molecule has 0 saturated heterocycles. The number of benzene rings is 1. The van der Waals surface area contributed by atoms with Gasteiger partial charge in [-0.2, -0.15) is 11.1 Å². The van der Waals surface area contributed by atoms with Crippen molar-refractivity contribution in [2.75, 3.05) is 0 Å². The van der Waals surface area contributed by atoms with Crippen molar-refractivity contribution < 1.29 is 0 Å². The molecule has 0 atom stereocenters. The molecule has 0 aliphatic rings. The summed E-state index contributed by atoms with van der Waals surface area (Å²) in [4.78, 5) is 0. The van der Waals surface area contributed by atoms with Crippen LogP contribution >= 0.6 is 11.1 Å². The fourth-order valence-corrected chi connectivity index (χ4v) is 2.35. The lowest BCUT2D eigenvalue weighted by molar-refractivity contribution is 0.919. The summed E-state index contributed by atoms with van der Waals surface area (Å²) in [5, 5.41) is 1.16. The lowest BCUT2D eigenvalue weighted by atomic mass is 10.0. The Kier molecular flexibility index (Phi) is 4.26. The van der Waals surface area contributed by atoms with Crippen molar-refractivity contribution in [3.8, 4) is 0 Å². The minimum Gasteiger partial charge on any atom is -0.170 e. The van der Waals surface area contributed by atoms with Gasteiger partial charge in [-0.3, -0.25) is 0 Å². The molecule has 0 amide bonds. The fourth-order valence-electron chi connectivity index (χ4n) is 1.42. The van der Waals surface area contributed by atoms with Crippen LogP contribution < -0.4 is 0 Å². The Balaban J connectivity index is 2.97. The summed E-state index contributed by atoms with van der Waals surface area (Å²) in [6.45, 7) is 6.21. The van der Waals surface area contributed by atoms with E-state index in [2.05, 4.69) is 37.8 Å². The van der Waals surface area contributed by atoms with Crippen molar-refractivity contribution in [3.05, 3.63) is 42.0 Å². The van der Waals surface area contributed by atoms with Crippen LogP contribution in [0.5, 0.6) is 0 Å². The second-order valence-electron chi connectivity index (χ2n) is 3.14. The van der Waals surface area contributed by atoms with E-state index in [-0.39, 0.29) is 0 Å². The van der Waals surface area contributed by atoms with E-state index >= 15 is 0 Å². The van der Waals surface area contributed by atoms with E-state index in [1.54, 1.807) is 0 Å². The predicted octanol–water partition coefficient (Wildman–Crippen LogP) is 2.93. The molecule has 0 spiro atoms. The fraction of sp³-hybridized carbons (Fsp3) is 0.273. The number of halogens is 1. The summed E-state index contributed by atoms with van der Waals surface area (Å²) in [5.41, 5.74) is 2.68. The minimum absolute atomic E-state index is 0.620. The van der Waals surface area contributed by atoms with Gasteiger partial charge in [-0.15, -0.1) is 0 Å². The van der Waals surface area contributed by atoms with Crippen LogP contribution in [0.3, 0.4) is 0 Å². The number of hydrogen-bond acceptors (Lipinski definition) is 0. The molecule has 1 aromatic rings. The molecule has 2 heteroatoms. The van der Waals surface area contributed by atoms with Crippen molar-refractivity contribution in [2.45, 2.75) is 19.8 Å². The van der Waals surface area contributed by atoms with Gasteiger partial charge in [0, 0.05) is 0 Å². The van der Waals surface area contributed by atoms with Crippen LogP contribution in [-0.4, -0.2) is 8.83 Å². The zero-order valence-corrected chi connectivity index (χ0v) is 10.2. The van der Waals surface area contributed by atoms with E-state index in [1.807, 2.05) is 0 Å². The van der Waals surface area contributed by atoms with E-state index in [9.17, 15) is 0 Å². The molecule has 0 radical (unpaired) electrons. The summed E-state index contributed by atoms with van der Waals surface area (Å²) >= 11 is 5.90. The van der Waals surface area contributed by atoms with Crippen molar-refractivity contribution in [3.63, 3.8) is 0 Å². The van der Waals surface area contributed by atoms with Gasteiger partial charge < -0.3 is 0 Å². The molecular weight excluding hydrogens is 196 g/mol. The van der Waals surface area contributed by atoms with Crippen LogP contribution in [0, 0.1) is 0 Å². The second-order valence-corrected chi connectivity index (χ2v) is 5.07. The molecule has 0 unspecified atom stereocenters. The van der Waals surface area contributed by atoms with Crippen LogP contribution in [0.15, 0.2) is 30.8 Å². The van der Waals surface area contributed by atoms with Crippen LogP contribution in [0.25, 0.3) is 5.20 Å². The maximum absolute atomic E-state index is 5.90. The topological polar surface area (TPSA) is 0 Å². The molecule has 0 saturated carbocycles. The van der Waals surface area contributed by atoms with Gasteiger partial charge >= 0.3 is 0 Å². The normalized spacial score (nSPS) is 10.9. The molecule has 1 aromatic carbocycles. The number of rotatable bonds is 4. The van der Waals surface area contributed by atoms with Crippen molar-refractivity contribution in [1.29, 1.82) is 0 Å². The SMILES string of the molecule is C=C([SiH2]Cl)c1ccccc1CCC. The Bertz CT molecular complexity index is 294.